The summed E-state index contributed by atoms with van der Waals surface area (Å²) < 4.78 is 32.6. The summed E-state index contributed by atoms with van der Waals surface area (Å²) in [6, 6.07) is 7.03. The van der Waals surface area contributed by atoms with Gasteiger partial charge in [0.25, 0.3) is 0 Å². The van der Waals surface area contributed by atoms with Gasteiger partial charge in [0.2, 0.25) is 10.0 Å². The molecule has 0 radical (unpaired) electrons. The highest BCUT2D eigenvalue weighted by Crippen LogP contribution is 2.23. The van der Waals surface area contributed by atoms with Gasteiger partial charge < -0.3 is 10.1 Å². The van der Waals surface area contributed by atoms with Crippen LogP contribution in [0.3, 0.4) is 0 Å². The van der Waals surface area contributed by atoms with Crippen molar-refractivity contribution in [2.45, 2.75) is 50.0 Å². The van der Waals surface area contributed by atoms with Crippen molar-refractivity contribution in [1.29, 1.82) is 0 Å². The molecular formula is C17H28N2O3S. The number of piperidine rings is 1. The Balaban J connectivity index is 1.99. The summed E-state index contributed by atoms with van der Waals surface area (Å²) in [4.78, 5) is 0.343. The van der Waals surface area contributed by atoms with E-state index in [1.165, 1.54) is 0 Å². The molecule has 0 amide bonds. The Morgan fingerprint density at radius 2 is 2.00 bits per heavy atom. The average Bonchev–Trinajstić information content (AvgIpc) is 2.59. The second-order valence-corrected chi connectivity index (χ2v) is 7.96. The van der Waals surface area contributed by atoms with Gasteiger partial charge in [0.15, 0.2) is 0 Å². The van der Waals surface area contributed by atoms with Crippen LogP contribution in [0.5, 0.6) is 5.75 Å². The number of hydrogen-bond donors (Lipinski definition) is 1. The van der Waals surface area contributed by atoms with Crippen molar-refractivity contribution in [3.05, 3.63) is 24.3 Å². The minimum absolute atomic E-state index is 0.236. The maximum atomic E-state index is 12.7. The van der Waals surface area contributed by atoms with Crippen LogP contribution in [0.1, 0.15) is 39.0 Å². The molecule has 0 aliphatic carbocycles. The predicted octanol–water partition coefficient (Wildman–Crippen LogP) is 2.63. The monoisotopic (exact) mass is 340 g/mol. The molecule has 1 unspecified atom stereocenters. The van der Waals surface area contributed by atoms with Crippen molar-refractivity contribution < 1.29 is 13.2 Å². The number of likely N-dealkylation sites (N-methyl/N-ethyl adjacent to an activating group) is 1. The summed E-state index contributed by atoms with van der Waals surface area (Å²) in [5.74, 6) is 0.729. The molecule has 1 aliphatic heterocycles. The highest BCUT2D eigenvalue weighted by molar-refractivity contribution is 7.89. The average molecular weight is 340 g/mol. The minimum atomic E-state index is -3.41. The van der Waals surface area contributed by atoms with Crippen LogP contribution < -0.4 is 10.1 Å². The lowest BCUT2D eigenvalue weighted by molar-refractivity contribution is 0.292. The van der Waals surface area contributed by atoms with Gasteiger partial charge in [-0.1, -0.05) is 19.8 Å². The summed E-state index contributed by atoms with van der Waals surface area (Å²) in [6.45, 7) is 3.96. The highest BCUT2D eigenvalue weighted by Gasteiger charge is 2.29. The van der Waals surface area contributed by atoms with Crippen LogP contribution >= 0.6 is 0 Å². The van der Waals surface area contributed by atoms with Crippen LogP contribution in [0.4, 0.5) is 0 Å². The predicted molar refractivity (Wildman–Crippen MR) is 92.3 cm³/mol. The molecule has 0 spiro atoms. The number of ether oxygens (including phenoxy) is 1. The van der Waals surface area contributed by atoms with Gasteiger partial charge in [0.05, 0.1) is 11.5 Å². The van der Waals surface area contributed by atoms with Gasteiger partial charge in [-0.15, -0.1) is 0 Å². The van der Waals surface area contributed by atoms with Crippen molar-refractivity contribution >= 4 is 10.0 Å². The molecule has 6 heteroatoms. The van der Waals surface area contributed by atoms with E-state index in [0.717, 1.165) is 37.9 Å². The smallest absolute Gasteiger partial charge is 0.243 e. The third-order valence-electron chi connectivity index (χ3n) is 4.27. The summed E-state index contributed by atoms with van der Waals surface area (Å²) in [6.07, 6.45) is 5.24. The van der Waals surface area contributed by atoms with Crippen LogP contribution in [0.2, 0.25) is 0 Å². The van der Waals surface area contributed by atoms with E-state index >= 15 is 0 Å². The van der Waals surface area contributed by atoms with Gasteiger partial charge in [-0.3, -0.25) is 0 Å². The molecule has 1 aromatic rings. The zero-order chi connectivity index (χ0) is 16.7. The van der Waals surface area contributed by atoms with Crippen molar-refractivity contribution in [3.63, 3.8) is 0 Å². The molecular weight excluding hydrogens is 312 g/mol. The molecule has 1 atom stereocenters. The van der Waals surface area contributed by atoms with Crippen molar-refractivity contribution in [2.75, 3.05) is 26.7 Å². The number of unbranched alkanes of at least 4 members (excludes halogenated alkanes) is 2. The first-order valence-corrected chi connectivity index (χ1v) is 9.92. The molecule has 1 fully saturated rings. The Kier molecular flexibility index (Phi) is 6.87. The largest absolute Gasteiger partial charge is 0.494 e. The molecule has 1 aliphatic rings. The molecule has 1 N–H and O–H groups in total. The lowest BCUT2D eigenvalue weighted by Crippen LogP contribution is -2.46. The van der Waals surface area contributed by atoms with Gasteiger partial charge in [0.1, 0.15) is 5.75 Å². The van der Waals surface area contributed by atoms with Crippen molar-refractivity contribution in [3.8, 4) is 5.75 Å². The molecule has 0 bridgehead atoms. The Morgan fingerprint density at radius 1 is 1.26 bits per heavy atom. The number of benzene rings is 1. The molecule has 0 aromatic heterocycles. The second-order valence-electron chi connectivity index (χ2n) is 6.02. The van der Waals surface area contributed by atoms with E-state index in [9.17, 15) is 8.42 Å². The van der Waals surface area contributed by atoms with Gasteiger partial charge >= 0.3 is 0 Å². The van der Waals surface area contributed by atoms with E-state index in [0.29, 0.717) is 24.6 Å². The van der Waals surface area contributed by atoms with E-state index < -0.39 is 10.0 Å². The number of rotatable bonds is 8. The SMILES string of the molecule is CCCCCOc1ccc(S(=O)(=O)N2CCCC(NC)C2)cc1. The summed E-state index contributed by atoms with van der Waals surface area (Å²) in [5, 5.41) is 3.17. The van der Waals surface area contributed by atoms with Gasteiger partial charge in [-0.05, 0) is 50.6 Å². The normalized spacial score (nSPS) is 19.7. The van der Waals surface area contributed by atoms with Crippen molar-refractivity contribution in [1.82, 2.24) is 9.62 Å². The van der Waals surface area contributed by atoms with E-state index in [2.05, 4.69) is 12.2 Å². The number of sulfonamides is 1. The number of nitrogens with zero attached hydrogens (tertiary/aromatic N) is 1. The third kappa shape index (κ3) is 4.93. The zero-order valence-corrected chi connectivity index (χ0v) is 14.9. The van der Waals surface area contributed by atoms with Crippen LogP contribution in [0.25, 0.3) is 0 Å². The third-order valence-corrected chi connectivity index (χ3v) is 6.15. The first-order chi connectivity index (χ1) is 11.1. The first-order valence-electron chi connectivity index (χ1n) is 8.48. The fraction of sp³-hybridized carbons (Fsp3) is 0.647. The summed E-state index contributed by atoms with van der Waals surface area (Å²) in [5.41, 5.74) is 0. The summed E-state index contributed by atoms with van der Waals surface area (Å²) >= 11 is 0. The highest BCUT2D eigenvalue weighted by atomic mass is 32.2. The fourth-order valence-electron chi connectivity index (χ4n) is 2.80. The van der Waals surface area contributed by atoms with E-state index in [-0.39, 0.29) is 6.04 Å². The molecule has 5 nitrogen and oxygen atoms in total. The van der Waals surface area contributed by atoms with Gasteiger partial charge in [-0.25, -0.2) is 8.42 Å². The molecule has 2 rings (SSSR count). The number of nitrogens with one attached hydrogen (secondary N) is 1. The number of hydrogen-bond acceptors (Lipinski definition) is 4. The molecule has 1 heterocycles. The van der Waals surface area contributed by atoms with E-state index in [4.69, 9.17) is 4.74 Å². The molecule has 1 aromatic carbocycles. The Hall–Kier alpha value is -1.11. The van der Waals surface area contributed by atoms with Crippen molar-refractivity contribution in [2.24, 2.45) is 0 Å². The Bertz CT molecular complexity index is 572. The lowest BCUT2D eigenvalue weighted by atomic mass is 10.1. The van der Waals surface area contributed by atoms with E-state index in [1.54, 1.807) is 28.6 Å². The Labute approximate surface area is 140 Å². The Morgan fingerprint density at radius 3 is 2.65 bits per heavy atom. The fourth-order valence-corrected chi connectivity index (χ4v) is 4.32. The van der Waals surface area contributed by atoms with E-state index in [1.807, 2.05) is 7.05 Å². The standard InChI is InChI=1S/C17H28N2O3S/c1-3-4-5-13-22-16-8-10-17(11-9-16)23(20,21)19-12-6-7-15(14-19)18-2/h8-11,15,18H,3-7,12-14H2,1-2H3. The lowest BCUT2D eigenvalue weighted by Gasteiger charge is -2.31. The van der Waals surface area contributed by atoms with Gasteiger partial charge in [0, 0.05) is 19.1 Å². The quantitative estimate of drug-likeness (QED) is 0.739. The van der Waals surface area contributed by atoms with Crippen LogP contribution in [-0.2, 0) is 10.0 Å². The van der Waals surface area contributed by atoms with Crippen LogP contribution in [0, 0.1) is 0 Å². The van der Waals surface area contributed by atoms with Crippen LogP contribution in [0.15, 0.2) is 29.2 Å². The molecule has 130 valence electrons. The molecule has 23 heavy (non-hydrogen) atoms. The molecule has 1 saturated heterocycles. The maximum absolute atomic E-state index is 12.7. The topological polar surface area (TPSA) is 58.6 Å². The molecule has 0 saturated carbocycles. The van der Waals surface area contributed by atoms with Crippen LogP contribution in [-0.4, -0.2) is 45.5 Å². The zero-order valence-electron chi connectivity index (χ0n) is 14.1. The second kappa shape index (κ2) is 8.66. The maximum Gasteiger partial charge on any atom is 0.243 e. The minimum Gasteiger partial charge on any atom is -0.494 e. The first kappa shape index (κ1) is 18.2. The van der Waals surface area contributed by atoms with Gasteiger partial charge in [-0.2, -0.15) is 4.31 Å². The summed E-state index contributed by atoms with van der Waals surface area (Å²) in [7, 11) is -1.53.